The summed E-state index contributed by atoms with van der Waals surface area (Å²) in [7, 11) is 1.65. The summed E-state index contributed by atoms with van der Waals surface area (Å²) in [5, 5.41) is 11.6. The predicted octanol–water partition coefficient (Wildman–Crippen LogP) is 2.50. The summed E-state index contributed by atoms with van der Waals surface area (Å²) < 4.78 is 4.95. The highest BCUT2D eigenvalue weighted by molar-refractivity contribution is 5.92. The molecule has 0 aliphatic heterocycles. The molecule has 10 heteroatoms. The molecule has 0 atom stereocenters. The molecule has 26 heavy (non-hydrogen) atoms. The van der Waals surface area contributed by atoms with Crippen molar-refractivity contribution >= 4 is 28.9 Å². The Labute approximate surface area is 147 Å². The SMILES string of the molecule is CN(c1ccccc1)c1ncnc(NNC(=O)c2ccco2)c1[N+](=O)[O-]. The van der Waals surface area contributed by atoms with Crippen LogP contribution in [0.3, 0.4) is 0 Å². The maximum Gasteiger partial charge on any atom is 0.355 e. The minimum Gasteiger partial charge on any atom is -0.459 e. The van der Waals surface area contributed by atoms with Gasteiger partial charge in [0.05, 0.1) is 11.2 Å². The number of rotatable bonds is 6. The number of hydrazine groups is 1. The Morgan fingerprint density at radius 1 is 1.19 bits per heavy atom. The molecule has 0 aliphatic rings. The first kappa shape index (κ1) is 16.9. The van der Waals surface area contributed by atoms with Gasteiger partial charge in [0.25, 0.3) is 0 Å². The summed E-state index contributed by atoms with van der Waals surface area (Å²) in [5.41, 5.74) is 5.09. The molecule has 2 heterocycles. The second-order valence-corrected chi connectivity index (χ2v) is 5.10. The van der Waals surface area contributed by atoms with E-state index in [1.165, 1.54) is 18.7 Å². The van der Waals surface area contributed by atoms with E-state index in [-0.39, 0.29) is 23.1 Å². The van der Waals surface area contributed by atoms with Crippen LogP contribution >= 0.6 is 0 Å². The molecule has 0 unspecified atom stereocenters. The van der Waals surface area contributed by atoms with E-state index >= 15 is 0 Å². The number of hydrogen-bond donors (Lipinski definition) is 2. The van der Waals surface area contributed by atoms with Crippen LogP contribution in [-0.4, -0.2) is 27.8 Å². The van der Waals surface area contributed by atoms with Crippen molar-refractivity contribution in [2.45, 2.75) is 0 Å². The lowest BCUT2D eigenvalue weighted by atomic mass is 10.3. The van der Waals surface area contributed by atoms with Crippen molar-refractivity contribution in [3.05, 3.63) is 70.9 Å². The first-order valence-corrected chi connectivity index (χ1v) is 7.46. The monoisotopic (exact) mass is 354 g/mol. The van der Waals surface area contributed by atoms with Crippen molar-refractivity contribution < 1.29 is 14.1 Å². The van der Waals surface area contributed by atoms with E-state index < -0.39 is 10.8 Å². The molecule has 0 fully saturated rings. The number of amides is 1. The van der Waals surface area contributed by atoms with Crippen LogP contribution in [0.15, 0.2) is 59.5 Å². The molecule has 10 nitrogen and oxygen atoms in total. The number of carbonyl (C=O) groups is 1. The number of nitrogens with zero attached hydrogens (tertiary/aromatic N) is 4. The molecule has 0 radical (unpaired) electrons. The number of aromatic nitrogens is 2. The molecule has 0 bridgehead atoms. The van der Waals surface area contributed by atoms with Crippen molar-refractivity contribution in [3.8, 4) is 0 Å². The topological polar surface area (TPSA) is 126 Å². The minimum atomic E-state index is -0.615. The lowest BCUT2D eigenvalue weighted by Gasteiger charge is -2.18. The van der Waals surface area contributed by atoms with Crippen LogP contribution in [0.25, 0.3) is 0 Å². The van der Waals surface area contributed by atoms with Crippen molar-refractivity contribution in [1.29, 1.82) is 0 Å². The molecule has 2 aromatic heterocycles. The summed E-state index contributed by atoms with van der Waals surface area (Å²) >= 11 is 0. The smallest absolute Gasteiger partial charge is 0.355 e. The second-order valence-electron chi connectivity index (χ2n) is 5.10. The minimum absolute atomic E-state index is 0.0517. The fraction of sp³-hybridized carbons (Fsp3) is 0.0625. The number of hydrogen-bond acceptors (Lipinski definition) is 8. The molecule has 0 aliphatic carbocycles. The quantitative estimate of drug-likeness (QED) is 0.511. The molecular weight excluding hydrogens is 340 g/mol. The highest BCUT2D eigenvalue weighted by atomic mass is 16.6. The normalized spacial score (nSPS) is 10.2. The van der Waals surface area contributed by atoms with E-state index in [1.54, 1.807) is 30.1 Å². The molecular formula is C16H14N6O4. The first-order chi connectivity index (χ1) is 12.6. The van der Waals surface area contributed by atoms with Crippen molar-refractivity contribution in [1.82, 2.24) is 15.4 Å². The number of furan rings is 1. The van der Waals surface area contributed by atoms with Crippen LogP contribution in [0.2, 0.25) is 0 Å². The van der Waals surface area contributed by atoms with E-state index in [2.05, 4.69) is 20.8 Å². The maximum absolute atomic E-state index is 11.9. The van der Waals surface area contributed by atoms with Gasteiger partial charge in [-0.05, 0) is 24.3 Å². The van der Waals surface area contributed by atoms with Crippen LogP contribution in [-0.2, 0) is 0 Å². The highest BCUT2D eigenvalue weighted by Gasteiger charge is 2.26. The third-order valence-electron chi connectivity index (χ3n) is 3.49. The third-order valence-corrected chi connectivity index (χ3v) is 3.49. The first-order valence-electron chi connectivity index (χ1n) is 7.46. The van der Waals surface area contributed by atoms with E-state index in [0.717, 1.165) is 0 Å². The van der Waals surface area contributed by atoms with Gasteiger partial charge in [-0.3, -0.25) is 25.8 Å². The molecule has 0 saturated carbocycles. The number of carbonyl (C=O) groups excluding carboxylic acids is 1. The van der Waals surface area contributed by atoms with Gasteiger partial charge >= 0.3 is 11.6 Å². The fourth-order valence-corrected chi connectivity index (χ4v) is 2.23. The standard InChI is InChI=1S/C16H14N6O4/c1-21(11-6-3-2-4-7-11)15-13(22(24)25)14(17-10-18-15)19-20-16(23)12-8-5-9-26-12/h2-10H,1H3,(H,20,23)(H,17,18,19). The fourth-order valence-electron chi connectivity index (χ4n) is 2.23. The molecule has 0 spiro atoms. The molecule has 0 saturated heterocycles. The summed E-state index contributed by atoms with van der Waals surface area (Å²) in [6.07, 6.45) is 2.51. The average Bonchev–Trinajstić information content (AvgIpc) is 3.20. The lowest BCUT2D eigenvalue weighted by molar-refractivity contribution is -0.383. The maximum atomic E-state index is 11.9. The van der Waals surface area contributed by atoms with Gasteiger partial charge in [0.1, 0.15) is 6.33 Å². The third kappa shape index (κ3) is 3.43. The number of nitro groups is 1. The van der Waals surface area contributed by atoms with Gasteiger partial charge in [-0.1, -0.05) is 18.2 Å². The van der Waals surface area contributed by atoms with Crippen molar-refractivity contribution in [2.75, 3.05) is 17.4 Å². The van der Waals surface area contributed by atoms with Gasteiger partial charge in [0.2, 0.25) is 11.6 Å². The number of anilines is 3. The summed E-state index contributed by atoms with van der Waals surface area (Å²) in [4.78, 5) is 32.3. The Bertz CT molecular complexity index is 914. The number of para-hydroxylation sites is 1. The second kappa shape index (κ2) is 7.30. The Hall–Kier alpha value is -3.95. The lowest BCUT2D eigenvalue weighted by Crippen LogP contribution is -2.30. The summed E-state index contributed by atoms with van der Waals surface area (Å²) in [5.74, 6) is -0.620. The predicted molar refractivity (Wildman–Crippen MR) is 93.0 cm³/mol. The van der Waals surface area contributed by atoms with Crippen LogP contribution in [0.1, 0.15) is 10.6 Å². The van der Waals surface area contributed by atoms with E-state index in [0.29, 0.717) is 5.69 Å². The highest BCUT2D eigenvalue weighted by Crippen LogP contribution is 2.34. The summed E-state index contributed by atoms with van der Waals surface area (Å²) in [6, 6.07) is 12.0. The van der Waals surface area contributed by atoms with E-state index in [9.17, 15) is 14.9 Å². The van der Waals surface area contributed by atoms with Gasteiger partial charge in [0, 0.05) is 12.7 Å². The van der Waals surface area contributed by atoms with Gasteiger partial charge in [-0.15, -0.1) is 0 Å². The van der Waals surface area contributed by atoms with E-state index in [1.807, 2.05) is 18.2 Å². The van der Waals surface area contributed by atoms with Gasteiger partial charge in [-0.25, -0.2) is 9.97 Å². The van der Waals surface area contributed by atoms with Gasteiger partial charge < -0.3 is 9.32 Å². The Morgan fingerprint density at radius 3 is 2.62 bits per heavy atom. The van der Waals surface area contributed by atoms with Crippen LogP contribution in [0, 0.1) is 10.1 Å². The molecule has 3 aromatic rings. The number of benzene rings is 1. The van der Waals surface area contributed by atoms with Crippen LogP contribution < -0.4 is 15.8 Å². The molecule has 1 aromatic carbocycles. The molecule has 3 rings (SSSR count). The van der Waals surface area contributed by atoms with Crippen molar-refractivity contribution in [2.24, 2.45) is 0 Å². The average molecular weight is 354 g/mol. The Kier molecular flexibility index (Phi) is 4.74. The molecule has 132 valence electrons. The zero-order valence-corrected chi connectivity index (χ0v) is 13.6. The van der Waals surface area contributed by atoms with Crippen molar-refractivity contribution in [3.63, 3.8) is 0 Å². The number of nitrogens with one attached hydrogen (secondary N) is 2. The zero-order valence-electron chi connectivity index (χ0n) is 13.6. The summed E-state index contributed by atoms with van der Waals surface area (Å²) in [6.45, 7) is 0. The van der Waals surface area contributed by atoms with Crippen LogP contribution in [0.5, 0.6) is 0 Å². The largest absolute Gasteiger partial charge is 0.459 e. The van der Waals surface area contributed by atoms with Crippen LogP contribution in [0.4, 0.5) is 23.0 Å². The van der Waals surface area contributed by atoms with Gasteiger partial charge in [-0.2, -0.15) is 0 Å². The zero-order chi connectivity index (χ0) is 18.5. The molecule has 2 N–H and O–H groups in total. The molecule has 1 amide bonds. The van der Waals surface area contributed by atoms with E-state index in [4.69, 9.17) is 4.42 Å². The Balaban J connectivity index is 1.89. The van der Waals surface area contributed by atoms with Gasteiger partial charge in [0.15, 0.2) is 5.76 Å². The Morgan fingerprint density at radius 2 is 1.96 bits per heavy atom.